The van der Waals surface area contributed by atoms with Crippen LogP contribution < -0.4 is 19.7 Å². The van der Waals surface area contributed by atoms with Gasteiger partial charge in [-0.1, -0.05) is 42.5 Å². The molecule has 1 aliphatic rings. The summed E-state index contributed by atoms with van der Waals surface area (Å²) in [4.78, 5) is 14.7. The third-order valence-electron chi connectivity index (χ3n) is 5.64. The highest BCUT2D eigenvalue weighted by molar-refractivity contribution is 5.79. The lowest BCUT2D eigenvalue weighted by Crippen LogP contribution is -2.41. The molecule has 4 rings (SSSR count). The summed E-state index contributed by atoms with van der Waals surface area (Å²) in [6.45, 7) is 2.43. The maximum absolute atomic E-state index is 12.5. The summed E-state index contributed by atoms with van der Waals surface area (Å²) in [7, 11) is 1.61. The van der Waals surface area contributed by atoms with E-state index in [0.29, 0.717) is 24.7 Å². The van der Waals surface area contributed by atoms with E-state index in [0.717, 1.165) is 43.0 Å². The Morgan fingerprint density at radius 2 is 1.69 bits per heavy atom. The molecule has 1 aliphatic heterocycles. The molecule has 0 radical (unpaired) electrons. The molecule has 3 aromatic rings. The van der Waals surface area contributed by atoms with Gasteiger partial charge in [-0.15, -0.1) is 10.2 Å². The van der Waals surface area contributed by atoms with Crippen molar-refractivity contribution >= 4 is 11.7 Å². The van der Waals surface area contributed by atoms with E-state index in [9.17, 15) is 4.79 Å². The van der Waals surface area contributed by atoms with Crippen molar-refractivity contribution in [3.8, 4) is 22.8 Å². The first-order valence-corrected chi connectivity index (χ1v) is 10.9. The molecule has 1 fully saturated rings. The predicted molar refractivity (Wildman–Crippen MR) is 124 cm³/mol. The van der Waals surface area contributed by atoms with E-state index in [1.165, 1.54) is 0 Å². The molecule has 2 aromatic carbocycles. The molecule has 0 unspecified atom stereocenters. The van der Waals surface area contributed by atoms with Crippen LogP contribution in [0.5, 0.6) is 11.5 Å². The molecule has 32 heavy (non-hydrogen) atoms. The van der Waals surface area contributed by atoms with Crippen LogP contribution in [0.3, 0.4) is 0 Å². The number of methoxy groups -OCH3 is 1. The number of anilines is 1. The van der Waals surface area contributed by atoms with Crippen LogP contribution >= 0.6 is 0 Å². The van der Waals surface area contributed by atoms with Gasteiger partial charge in [0.25, 0.3) is 0 Å². The monoisotopic (exact) mass is 432 g/mol. The Labute approximate surface area is 188 Å². The van der Waals surface area contributed by atoms with Crippen LogP contribution in [0.25, 0.3) is 11.3 Å². The Hall–Kier alpha value is -3.61. The molecular weight excluding hydrogens is 404 g/mol. The number of aromatic nitrogens is 2. The van der Waals surface area contributed by atoms with Crippen LogP contribution in [0, 0.1) is 5.92 Å². The Bertz CT molecular complexity index is 1000. The molecule has 1 saturated heterocycles. The number of carbonyl (C=O) groups is 1. The molecule has 7 heteroatoms. The summed E-state index contributed by atoms with van der Waals surface area (Å²) in [6, 6.07) is 21.5. The normalized spacial score (nSPS) is 14.1. The van der Waals surface area contributed by atoms with Gasteiger partial charge < -0.3 is 19.7 Å². The van der Waals surface area contributed by atoms with E-state index >= 15 is 0 Å². The van der Waals surface area contributed by atoms with Gasteiger partial charge in [-0.05, 0) is 37.1 Å². The standard InChI is InChI=1S/C25H28N4O3/c1-31-22-9-5-6-10-23(22)32-18-15-26-25(30)20-13-16-29(17-14-20)24-12-11-21(27-28-24)19-7-3-2-4-8-19/h2-12,20H,13-18H2,1H3,(H,26,30). The fourth-order valence-electron chi connectivity index (χ4n) is 3.85. The zero-order valence-electron chi connectivity index (χ0n) is 18.2. The molecule has 1 N–H and O–H groups in total. The van der Waals surface area contributed by atoms with Gasteiger partial charge in [0.15, 0.2) is 17.3 Å². The van der Waals surface area contributed by atoms with E-state index in [1.807, 2.05) is 66.7 Å². The Morgan fingerprint density at radius 1 is 0.969 bits per heavy atom. The first-order valence-electron chi connectivity index (χ1n) is 10.9. The van der Waals surface area contributed by atoms with Gasteiger partial charge in [-0.3, -0.25) is 4.79 Å². The second-order valence-electron chi connectivity index (χ2n) is 7.69. The minimum Gasteiger partial charge on any atom is -0.493 e. The number of piperidine rings is 1. The highest BCUT2D eigenvalue weighted by Crippen LogP contribution is 2.26. The number of ether oxygens (including phenoxy) is 2. The Balaban J connectivity index is 1.21. The van der Waals surface area contributed by atoms with Gasteiger partial charge in [-0.2, -0.15) is 0 Å². The van der Waals surface area contributed by atoms with Crippen molar-refractivity contribution in [2.45, 2.75) is 12.8 Å². The largest absolute Gasteiger partial charge is 0.493 e. The number of nitrogens with zero attached hydrogens (tertiary/aromatic N) is 3. The fraction of sp³-hybridized carbons (Fsp3) is 0.320. The molecule has 0 aliphatic carbocycles. The maximum Gasteiger partial charge on any atom is 0.223 e. The van der Waals surface area contributed by atoms with Crippen LogP contribution in [0.2, 0.25) is 0 Å². The van der Waals surface area contributed by atoms with Crippen molar-refractivity contribution in [1.82, 2.24) is 15.5 Å². The molecule has 0 atom stereocenters. The van der Waals surface area contributed by atoms with Crippen LogP contribution in [0.15, 0.2) is 66.7 Å². The fourth-order valence-corrected chi connectivity index (χ4v) is 3.85. The first kappa shape index (κ1) is 21.6. The summed E-state index contributed by atoms with van der Waals surface area (Å²) in [5.74, 6) is 2.31. The molecule has 1 amide bonds. The van der Waals surface area contributed by atoms with Crippen LogP contribution in [-0.4, -0.2) is 49.5 Å². The molecule has 1 aromatic heterocycles. The zero-order valence-corrected chi connectivity index (χ0v) is 18.2. The maximum atomic E-state index is 12.5. The van der Waals surface area contributed by atoms with E-state index in [-0.39, 0.29) is 11.8 Å². The highest BCUT2D eigenvalue weighted by Gasteiger charge is 2.25. The van der Waals surface area contributed by atoms with E-state index in [2.05, 4.69) is 20.4 Å². The van der Waals surface area contributed by atoms with Gasteiger partial charge >= 0.3 is 0 Å². The number of nitrogens with one attached hydrogen (secondary N) is 1. The van der Waals surface area contributed by atoms with Crippen LogP contribution in [0.1, 0.15) is 12.8 Å². The number of hydrogen-bond donors (Lipinski definition) is 1. The second kappa shape index (κ2) is 10.6. The minimum absolute atomic E-state index is 0.00839. The first-order chi connectivity index (χ1) is 15.7. The summed E-state index contributed by atoms with van der Waals surface area (Å²) in [5.41, 5.74) is 1.91. The number of para-hydroxylation sites is 2. The van der Waals surface area contributed by atoms with E-state index < -0.39 is 0 Å². The van der Waals surface area contributed by atoms with Crippen molar-refractivity contribution in [2.24, 2.45) is 5.92 Å². The highest BCUT2D eigenvalue weighted by atomic mass is 16.5. The van der Waals surface area contributed by atoms with Gasteiger partial charge in [0.1, 0.15) is 6.61 Å². The SMILES string of the molecule is COc1ccccc1OCCNC(=O)C1CCN(c2ccc(-c3ccccc3)nn2)CC1. The van der Waals surface area contributed by atoms with Crippen LogP contribution in [0.4, 0.5) is 5.82 Å². The average Bonchev–Trinajstić information content (AvgIpc) is 2.87. The van der Waals surface area contributed by atoms with Gasteiger partial charge in [-0.25, -0.2) is 0 Å². The summed E-state index contributed by atoms with van der Waals surface area (Å²) >= 11 is 0. The number of benzene rings is 2. The van der Waals surface area contributed by atoms with Crippen molar-refractivity contribution in [3.63, 3.8) is 0 Å². The van der Waals surface area contributed by atoms with Crippen molar-refractivity contribution in [3.05, 3.63) is 66.7 Å². The molecule has 2 heterocycles. The third-order valence-corrected chi connectivity index (χ3v) is 5.64. The minimum atomic E-state index is 0.00839. The van der Waals surface area contributed by atoms with Crippen molar-refractivity contribution < 1.29 is 14.3 Å². The summed E-state index contributed by atoms with van der Waals surface area (Å²) < 4.78 is 11.0. The molecule has 166 valence electrons. The Morgan fingerprint density at radius 3 is 2.38 bits per heavy atom. The number of amides is 1. The molecular formula is C25H28N4O3. The lowest BCUT2D eigenvalue weighted by Gasteiger charge is -2.31. The van der Waals surface area contributed by atoms with Gasteiger partial charge in [0, 0.05) is 24.6 Å². The zero-order chi connectivity index (χ0) is 22.2. The third kappa shape index (κ3) is 5.35. The number of hydrogen-bond acceptors (Lipinski definition) is 6. The Kier molecular flexibility index (Phi) is 7.17. The molecule has 0 spiro atoms. The van der Waals surface area contributed by atoms with E-state index in [1.54, 1.807) is 7.11 Å². The summed E-state index contributed by atoms with van der Waals surface area (Å²) in [6.07, 6.45) is 1.59. The van der Waals surface area contributed by atoms with E-state index in [4.69, 9.17) is 9.47 Å². The lowest BCUT2D eigenvalue weighted by atomic mass is 9.96. The molecule has 0 saturated carbocycles. The van der Waals surface area contributed by atoms with Gasteiger partial charge in [0.05, 0.1) is 19.3 Å². The second-order valence-corrected chi connectivity index (χ2v) is 7.69. The van der Waals surface area contributed by atoms with Crippen LogP contribution in [-0.2, 0) is 4.79 Å². The average molecular weight is 433 g/mol. The van der Waals surface area contributed by atoms with Crippen molar-refractivity contribution in [1.29, 1.82) is 0 Å². The quantitative estimate of drug-likeness (QED) is 0.549. The number of rotatable bonds is 8. The summed E-state index contributed by atoms with van der Waals surface area (Å²) in [5, 5.41) is 11.8. The van der Waals surface area contributed by atoms with Crippen molar-refractivity contribution in [2.75, 3.05) is 38.3 Å². The lowest BCUT2D eigenvalue weighted by molar-refractivity contribution is -0.125. The molecule has 0 bridgehead atoms. The predicted octanol–water partition coefficient (Wildman–Crippen LogP) is 3.56. The topological polar surface area (TPSA) is 76.6 Å². The molecule has 7 nitrogen and oxygen atoms in total. The number of carbonyl (C=O) groups excluding carboxylic acids is 1. The smallest absolute Gasteiger partial charge is 0.223 e. The van der Waals surface area contributed by atoms with Gasteiger partial charge in [0.2, 0.25) is 5.91 Å².